The Bertz CT molecular complexity index is 712. The average Bonchev–Trinajstić information content (AvgIpc) is 2.72. The number of nitrogens with one attached hydrogen (secondary N) is 3. The summed E-state index contributed by atoms with van der Waals surface area (Å²) in [6.45, 7) is 6.07. The molecular weight excluding hydrogens is 290 g/mol. The average molecular weight is 315 g/mol. The first kappa shape index (κ1) is 16.0. The fraction of sp³-hybridized carbons (Fsp3) is 0.500. The molecule has 1 aromatic carbocycles. The van der Waals surface area contributed by atoms with Gasteiger partial charge in [-0.3, -0.25) is 4.79 Å². The van der Waals surface area contributed by atoms with Crippen LogP contribution in [0, 0.1) is 13.8 Å². The van der Waals surface area contributed by atoms with E-state index in [0.717, 1.165) is 36.1 Å². The van der Waals surface area contributed by atoms with Gasteiger partial charge in [-0.2, -0.15) is 0 Å². The van der Waals surface area contributed by atoms with Gasteiger partial charge >= 0.3 is 0 Å². The highest BCUT2D eigenvalue weighted by atomic mass is 16.3. The van der Waals surface area contributed by atoms with Crippen LogP contribution in [0.3, 0.4) is 0 Å². The van der Waals surface area contributed by atoms with Crippen LogP contribution in [0.5, 0.6) is 0 Å². The van der Waals surface area contributed by atoms with Crippen molar-refractivity contribution in [3.63, 3.8) is 0 Å². The van der Waals surface area contributed by atoms with Gasteiger partial charge in [0, 0.05) is 17.6 Å². The number of H-pyrrole nitrogens is 1. The van der Waals surface area contributed by atoms with E-state index in [1.807, 2.05) is 25.1 Å². The van der Waals surface area contributed by atoms with Gasteiger partial charge in [0.05, 0.1) is 16.7 Å². The molecule has 1 saturated heterocycles. The summed E-state index contributed by atoms with van der Waals surface area (Å²) in [6, 6.07) is 5.75. The van der Waals surface area contributed by atoms with Crippen molar-refractivity contribution in [1.82, 2.24) is 15.6 Å². The molecule has 0 saturated carbocycles. The van der Waals surface area contributed by atoms with Crippen LogP contribution in [0.4, 0.5) is 0 Å². The normalized spacial score (nSPS) is 22.0. The summed E-state index contributed by atoms with van der Waals surface area (Å²) < 4.78 is 0. The van der Waals surface area contributed by atoms with Crippen molar-refractivity contribution in [2.75, 3.05) is 19.6 Å². The Morgan fingerprint density at radius 3 is 2.96 bits per heavy atom. The fourth-order valence-electron chi connectivity index (χ4n) is 3.30. The lowest BCUT2D eigenvalue weighted by Crippen LogP contribution is -2.43. The van der Waals surface area contributed by atoms with E-state index in [-0.39, 0.29) is 5.91 Å². The second-order valence-electron chi connectivity index (χ2n) is 6.61. The summed E-state index contributed by atoms with van der Waals surface area (Å²) in [6.07, 6.45) is 2.31. The van der Waals surface area contributed by atoms with Crippen molar-refractivity contribution in [1.29, 1.82) is 0 Å². The van der Waals surface area contributed by atoms with Crippen LogP contribution in [0.25, 0.3) is 10.9 Å². The molecule has 23 heavy (non-hydrogen) atoms. The first-order chi connectivity index (χ1) is 11.0. The van der Waals surface area contributed by atoms with Crippen molar-refractivity contribution >= 4 is 16.8 Å². The van der Waals surface area contributed by atoms with Gasteiger partial charge in [0.1, 0.15) is 0 Å². The maximum atomic E-state index is 12.6. The molecule has 1 aromatic heterocycles. The molecular formula is C18H25N3O2. The summed E-state index contributed by atoms with van der Waals surface area (Å²) in [5.74, 6) is -0.137. The first-order valence-electron chi connectivity index (χ1n) is 8.29. The highest BCUT2D eigenvalue weighted by Crippen LogP contribution is 2.24. The maximum Gasteiger partial charge on any atom is 0.253 e. The molecule has 3 rings (SSSR count). The number of aromatic nitrogens is 1. The van der Waals surface area contributed by atoms with Crippen LogP contribution in [-0.2, 0) is 0 Å². The zero-order chi connectivity index (χ0) is 16.4. The van der Waals surface area contributed by atoms with Crippen LogP contribution in [0.1, 0.15) is 40.9 Å². The monoisotopic (exact) mass is 315 g/mol. The Balaban J connectivity index is 1.77. The topological polar surface area (TPSA) is 77.2 Å². The number of hydrogen-bond donors (Lipinski definition) is 4. The zero-order valence-corrected chi connectivity index (χ0v) is 13.8. The number of benzene rings is 1. The van der Waals surface area contributed by atoms with Crippen LogP contribution >= 0.6 is 0 Å². The van der Waals surface area contributed by atoms with Gasteiger partial charge in [-0.1, -0.05) is 12.1 Å². The molecule has 4 N–H and O–H groups in total. The molecule has 2 aromatic rings. The van der Waals surface area contributed by atoms with Crippen molar-refractivity contribution in [2.24, 2.45) is 0 Å². The van der Waals surface area contributed by atoms with Gasteiger partial charge in [-0.05, 0) is 57.8 Å². The Kier molecular flexibility index (Phi) is 4.41. The van der Waals surface area contributed by atoms with E-state index in [0.29, 0.717) is 24.9 Å². The third-order valence-electron chi connectivity index (χ3n) is 4.93. The number of rotatable bonds is 3. The number of para-hydroxylation sites is 1. The molecule has 2 heterocycles. The lowest BCUT2D eigenvalue weighted by molar-refractivity contribution is 0.0276. The minimum absolute atomic E-state index is 0.137. The van der Waals surface area contributed by atoms with Crippen molar-refractivity contribution in [2.45, 2.75) is 38.7 Å². The van der Waals surface area contributed by atoms with E-state index in [9.17, 15) is 9.90 Å². The maximum absolute atomic E-state index is 12.6. The fourth-order valence-corrected chi connectivity index (χ4v) is 3.30. The Hall–Kier alpha value is -1.85. The Morgan fingerprint density at radius 2 is 2.13 bits per heavy atom. The molecule has 1 fully saturated rings. The van der Waals surface area contributed by atoms with Crippen molar-refractivity contribution in [3.8, 4) is 0 Å². The summed E-state index contributed by atoms with van der Waals surface area (Å²) in [7, 11) is 0. The molecule has 1 amide bonds. The quantitative estimate of drug-likeness (QED) is 0.700. The second kappa shape index (κ2) is 6.34. The third kappa shape index (κ3) is 3.26. The summed E-state index contributed by atoms with van der Waals surface area (Å²) in [5.41, 5.74) is 2.94. The van der Waals surface area contributed by atoms with Gasteiger partial charge < -0.3 is 20.7 Å². The highest BCUT2D eigenvalue weighted by molar-refractivity contribution is 6.06. The van der Waals surface area contributed by atoms with Gasteiger partial charge in [0.2, 0.25) is 0 Å². The van der Waals surface area contributed by atoms with Gasteiger partial charge in [-0.25, -0.2) is 0 Å². The molecule has 5 heteroatoms. The predicted octanol–water partition coefficient (Wildman–Crippen LogP) is 2.02. The van der Waals surface area contributed by atoms with E-state index in [1.165, 1.54) is 5.56 Å². The minimum Gasteiger partial charge on any atom is -0.388 e. The zero-order valence-electron chi connectivity index (χ0n) is 13.8. The smallest absolute Gasteiger partial charge is 0.253 e. The Labute approximate surface area is 136 Å². The van der Waals surface area contributed by atoms with E-state index in [4.69, 9.17) is 0 Å². The summed E-state index contributed by atoms with van der Waals surface area (Å²) >= 11 is 0. The molecule has 0 spiro atoms. The number of amides is 1. The number of hydrogen-bond acceptors (Lipinski definition) is 3. The van der Waals surface area contributed by atoms with E-state index in [1.54, 1.807) is 0 Å². The van der Waals surface area contributed by atoms with E-state index >= 15 is 0 Å². The molecule has 0 radical (unpaired) electrons. The van der Waals surface area contributed by atoms with E-state index < -0.39 is 5.60 Å². The minimum atomic E-state index is -0.811. The molecule has 1 unspecified atom stereocenters. The largest absolute Gasteiger partial charge is 0.388 e. The standard InChI is InChI=1S/C18H25N3O2/c1-12-13(2)21-16-14(12)5-3-6-15(16)17(22)20-11-18(23)7-4-9-19-10-8-18/h3,5-6,19,21,23H,4,7-11H2,1-2H3,(H,20,22). The summed E-state index contributed by atoms with van der Waals surface area (Å²) in [4.78, 5) is 15.9. The van der Waals surface area contributed by atoms with Crippen molar-refractivity contribution in [3.05, 3.63) is 35.0 Å². The SMILES string of the molecule is Cc1[nH]c2c(C(=O)NCC3(O)CCCNCC3)cccc2c1C. The summed E-state index contributed by atoms with van der Waals surface area (Å²) in [5, 5.41) is 17.9. The van der Waals surface area contributed by atoms with Crippen LogP contribution in [0.2, 0.25) is 0 Å². The third-order valence-corrected chi connectivity index (χ3v) is 4.93. The predicted molar refractivity (Wildman–Crippen MR) is 91.8 cm³/mol. The number of aliphatic hydroxyl groups is 1. The molecule has 1 aliphatic heterocycles. The van der Waals surface area contributed by atoms with Gasteiger partial charge in [0.25, 0.3) is 5.91 Å². The number of aryl methyl sites for hydroxylation is 2. The first-order valence-corrected chi connectivity index (χ1v) is 8.29. The second-order valence-corrected chi connectivity index (χ2v) is 6.61. The molecule has 5 nitrogen and oxygen atoms in total. The van der Waals surface area contributed by atoms with Crippen molar-refractivity contribution < 1.29 is 9.90 Å². The van der Waals surface area contributed by atoms with Crippen LogP contribution in [0.15, 0.2) is 18.2 Å². The lowest BCUT2D eigenvalue weighted by Gasteiger charge is -2.26. The van der Waals surface area contributed by atoms with Gasteiger partial charge in [0.15, 0.2) is 0 Å². The molecule has 124 valence electrons. The molecule has 1 atom stereocenters. The number of aromatic amines is 1. The highest BCUT2D eigenvalue weighted by Gasteiger charge is 2.28. The number of fused-ring (bicyclic) bond motifs is 1. The molecule has 0 bridgehead atoms. The lowest BCUT2D eigenvalue weighted by atomic mass is 9.94. The number of carbonyl (C=O) groups is 1. The van der Waals surface area contributed by atoms with Crippen LogP contribution in [-0.4, -0.2) is 41.2 Å². The van der Waals surface area contributed by atoms with E-state index in [2.05, 4.69) is 22.5 Å². The van der Waals surface area contributed by atoms with Crippen LogP contribution < -0.4 is 10.6 Å². The number of carbonyl (C=O) groups excluding carboxylic acids is 1. The molecule has 1 aliphatic rings. The molecule has 0 aliphatic carbocycles. The Morgan fingerprint density at radius 1 is 1.30 bits per heavy atom. The van der Waals surface area contributed by atoms with Gasteiger partial charge in [-0.15, -0.1) is 0 Å².